The maximum atomic E-state index is 12.4. The van der Waals surface area contributed by atoms with E-state index in [1.807, 2.05) is 0 Å². The van der Waals surface area contributed by atoms with Gasteiger partial charge in [0, 0.05) is 12.8 Å². The molecule has 0 fully saturated rings. The van der Waals surface area contributed by atoms with Gasteiger partial charge in [-0.1, -0.05) is 117 Å². The standard InChI is InChI=1S/C30H59O10P.Na/c1-3-5-7-9-11-13-15-17-19-21-29(33)37-25-28(26-39-41(35,36)38-24-27(32)23-31)40-30(34)22-20-18-16-14-12-10-8-6-4-2;/h27-28,31-32H,3-26H2,1-2H3,(H,35,36);/q;+1/p-1/t27-,28+;/m0./s1. The SMILES string of the molecule is CCCCCCCCCCCC(=O)OC[C@H](COP(=O)([O-])OC[C@@H](O)CO)OC(=O)CCCCCCCCCCC.[Na+]. The Balaban J connectivity index is 0. The number of phosphoric acid groups is 1. The minimum atomic E-state index is -4.84. The summed E-state index contributed by atoms with van der Waals surface area (Å²) in [4.78, 5) is 36.6. The van der Waals surface area contributed by atoms with E-state index >= 15 is 0 Å². The van der Waals surface area contributed by atoms with Crippen LogP contribution < -0.4 is 34.5 Å². The molecule has 0 heterocycles. The van der Waals surface area contributed by atoms with Gasteiger partial charge in [-0.15, -0.1) is 0 Å². The summed E-state index contributed by atoms with van der Waals surface area (Å²) in [5.74, 6) is -0.963. The van der Waals surface area contributed by atoms with E-state index in [1.165, 1.54) is 64.2 Å². The van der Waals surface area contributed by atoms with Crippen molar-refractivity contribution in [3.05, 3.63) is 0 Å². The predicted octanol–water partition coefficient (Wildman–Crippen LogP) is 3.14. The van der Waals surface area contributed by atoms with Gasteiger partial charge in [-0.25, -0.2) is 0 Å². The summed E-state index contributed by atoms with van der Waals surface area (Å²) in [6.45, 7) is 2.11. The van der Waals surface area contributed by atoms with Gasteiger partial charge in [0.15, 0.2) is 6.10 Å². The summed E-state index contributed by atoms with van der Waals surface area (Å²) in [7, 11) is -4.84. The fourth-order valence-electron chi connectivity index (χ4n) is 4.22. The Morgan fingerprint density at radius 3 is 1.52 bits per heavy atom. The van der Waals surface area contributed by atoms with Gasteiger partial charge in [-0.3, -0.25) is 14.2 Å². The molecule has 2 N–H and O–H groups in total. The predicted molar refractivity (Wildman–Crippen MR) is 157 cm³/mol. The number of carbonyl (C=O) groups is 2. The Morgan fingerprint density at radius 2 is 1.07 bits per heavy atom. The molecule has 0 amide bonds. The molecule has 3 atom stereocenters. The van der Waals surface area contributed by atoms with Crippen LogP contribution in [-0.2, 0) is 32.7 Å². The summed E-state index contributed by atoms with van der Waals surface area (Å²) in [5.41, 5.74) is 0. The van der Waals surface area contributed by atoms with Crippen LogP contribution in [0.25, 0.3) is 0 Å². The zero-order valence-corrected chi connectivity index (χ0v) is 29.6. The van der Waals surface area contributed by atoms with Crippen molar-refractivity contribution in [1.82, 2.24) is 0 Å². The van der Waals surface area contributed by atoms with E-state index in [4.69, 9.17) is 19.1 Å². The first kappa shape index (κ1) is 44.1. The van der Waals surface area contributed by atoms with E-state index in [0.717, 1.165) is 38.5 Å². The number of aliphatic hydroxyl groups excluding tert-OH is 2. The second-order valence-corrected chi connectivity index (χ2v) is 12.2. The number of hydrogen-bond donors (Lipinski definition) is 2. The maximum absolute atomic E-state index is 12.4. The molecule has 0 radical (unpaired) electrons. The topological polar surface area (TPSA) is 152 Å². The van der Waals surface area contributed by atoms with E-state index in [2.05, 4.69) is 18.4 Å². The Labute approximate surface area is 276 Å². The van der Waals surface area contributed by atoms with Gasteiger partial charge in [-0.05, 0) is 12.8 Å². The van der Waals surface area contributed by atoms with Crippen LogP contribution in [0.4, 0.5) is 0 Å². The molecule has 244 valence electrons. The van der Waals surface area contributed by atoms with Crippen LogP contribution in [0.1, 0.15) is 142 Å². The van der Waals surface area contributed by atoms with Crippen LogP contribution in [0.2, 0.25) is 0 Å². The summed E-state index contributed by atoms with van der Waals surface area (Å²) in [5, 5.41) is 18.1. The Morgan fingerprint density at radius 1 is 0.667 bits per heavy atom. The molecule has 0 bridgehead atoms. The molecule has 0 aliphatic heterocycles. The molecular weight excluding hydrogens is 574 g/mol. The van der Waals surface area contributed by atoms with Crippen LogP contribution in [-0.4, -0.2) is 60.8 Å². The molecular formula is C30H58NaO10P. The Bertz CT molecular complexity index is 682. The van der Waals surface area contributed by atoms with Gasteiger partial charge in [0.2, 0.25) is 0 Å². The average Bonchev–Trinajstić information content (AvgIpc) is 2.95. The quantitative estimate of drug-likeness (QED) is 0.0523. The molecule has 0 aliphatic rings. The van der Waals surface area contributed by atoms with Crippen LogP contribution >= 0.6 is 7.82 Å². The van der Waals surface area contributed by atoms with E-state index < -0.39 is 51.8 Å². The molecule has 0 aromatic heterocycles. The summed E-state index contributed by atoms with van der Waals surface area (Å²) >= 11 is 0. The normalized spacial score (nSPS) is 14.0. The van der Waals surface area contributed by atoms with Gasteiger partial charge in [0.1, 0.15) is 12.7 Å². The minimum Gasteiger partial charge on any atom is -0.756 e. The molecule has 0 saturated heterocycles. The molecule has 1 unspecified atom stereocenters. The zero-order valence-electron chi connectivity index (χ0n) is 26.7. The summed E-state index contributed by atoms with van der Waals surface area (Å²) in [6, 6.07) is 0. The number of unbranched alkanes of at least 4 members (excludes halogenated alkanes) is 16. The van der Waals surface area contributed by atoms with Gasteiger partial charge in [-0.2, -0.15) is 0 Å². The van der Waals surface area contributed by atoms with Crippen LogP contribution in [0, 0.1) is 0 Å². The van der Waals surface area contributed by atoms with E-state index in [0.29, 0.717) is 12.8 Å². The van der Waals surface area contributed by atoms with Crippen molar-refractivity contribution < 1.29 is 77.3 Å². The van der Waals surface area contributed by atoms with Gasteiger partial charge in [0.05, 0.1) is 19.8 Å². The first-order valence-corrected chi connectivity index (χ1v) is 17.4. The number of esters is 2. The third kappa shape index (κ3) is 30.0. The first-order valence-electron chi connectivity index (χ1n) is 16.0. The van der Waals surface area contributed by atoms with Gasteiger partial charge in [0.25, 0.3) is 7.82 Å². The minimum absolute atomic E-state index is 0. The van der Waals surface area contributed by atoms with E-state index in [-0.39, 0.29) is 49.0 Å². The van der Waals surface area contributed by atoms with Crippen molar-refractivity contribution in [2.45, 2.75) is 154 Å². The Hall–Kier alpha value is -0.0300. The largest absolute Gasteiger partial charge is 1.00 e. The third-order valence-electron chi connectivity index (χ3n) is 6.75. The average molecular weight is 633 g/mol. The van der Waals surface area contributed by atoms with Crippen LogP contribution in [0.15, 0.2) is 0 Å². The smallest absolute Gasteiger partial charge is 0.756 e. The van der Waals surface area contributed by atoms with Crippen LogP contribution in [0.3, 0.4) is 0 Å². The van der Waals surface area contributed by atoms with Crippen molar-refractivity contribution in [3.8, 4) is 0 Å². The molecule has 0 rings (SSSR count). The van der Waals surface area contributed by atoms with Crippen molar-refractivity contribution in [3.63, 3.8) is 0 Å². The number of aliphatic hydroxyl groups is 2. The van der Waals surface area contributed by atoms with E-state index in [1.54, 1.807) is 0 Å². The number of hydrogen-bond acceptors (Lipinski definition) is 10. The van der Waals surface area contributed by atoms with Crippen molar-refractivity contribution >= 4 is 19.8 Å². The third-order valence-corrected chi connectivity index (χ3v) is 7.68. The fraction of sp³-hybridized carbons (Fsp3) is 0.933. The number of rotatable bonds is 30. The molecule has 10 nitrogen and oxygen atoms in total. The second kappa shape index (κ2) is 31.0. The van der Waals surface area contributed by atoms with Gasteiger partial charge < -0.3 is 33.6 Å². The van der Waals surface area contributed by atoms with Crippen molar-refractivity contribution in [2.75, 3.05) is 26.4 Å². The van der Waals surface area contributed by atoms with Crippen LogP contribution in [0.5, 0.6) is 0 Å². The molecule has 0 aromatic carbocycles. The first-order chi connectivity index (χ1) is 19.7. The number of phosphoric ester groups is 1. The maximum Gasteiger partial charge on any atom is 1.00 e. The Kier molecular flexibility index (Phi) is 32.5. The number of ether oxygens (including phenoxy) is 2. The molecule has 0 aromatic rings. The van der Waals surface area contributed by atoms with Crippen molar-refractivity contribution in [1.29, 1.82) is 0 Å². The van der Waals surface area contributed by atoms with Crippen molar-refractivity contribution in [2.24, 2.45) is 0 Å². The monoisotopic (exact) mass is 632 g/mol. The molecule has 0 aliphatic carbocycles. The molecule has 12 heteroatoms. The number of carbonyl (C=O) groups excluding carboxylic acids is 2. The summed E-state index contributed by atoms with van der Waals surface area (Å²) < 4.78 is 31.9. The second-order valence-electron chi connectivity index (χ2n) is 10.8. The van der Waals surface area contributed by atoms with E-state index in [9.17, 15) is 24.2 Å². The van der Waals surface area contributed by atoms with Gasteiger partial charge >= 0.3 is 41.5 Å². The molecule has 0 saturated carbocycles. The molecule has 0 spiro atoms. The summed E-state index contributed by atoms with van der Waals surface area (Å²) in [6.07, 6.45) is 17.9. The fourth-order valence-corrected chi connectivity index (χ4v) is 5.00. The molecule has 42 heavy (non-hydrogen) atoms. The zero-order chi connectivity index (χ0) is 30.6.